The van der Waals surface area contributed by atoms with E-state index in [1.807, 2.05) is 44.2 Å². The third-order valence-electron chi connectivity index (χ3n) is 2.02. The van der Waals surface area contributed by atoms with Gasteiger partial charge in [-0.2, -0.15) is 0 Å². The number of para-hydroxylation sites is 1. The molecule has 1 aromatic carbocycles. The third-order valence-corrected chi connectivity index (χ3v) is 2.02. The summed E-state index contributed by atoms with van der Waals surface area (Å²) in [5.74, 6) is 0.858. The van der Waals surface area contributed by atoms with E-state index < -0.39 is 0 Å². The van der Waals surface area contributed by atoms with Crippen LogP contribution in [0.15, 0.2) is 30.3 Å². The monoisotopic (exact) mass is 218 g/mol. The van der Waals surface area contributed by atoms with Crippen molar-refractivity contribution in [3.63, 3.8) is 0 Å². The largest absolute Gasteiger partial charge is 0.490 e. The normalized spacial score (nSPS) is 13.3. The fraction of sp³-hybridized carbons (Fsp3) is 0.357. The maximum Gasteiger partial charge on any atom is 0.126 e. The summed E-state index contributed by atoms with van der Waals surface area (Å²) in [6.07, 6.45) is 3.48. The second-order valence-electron chi connectivity index (χ2n) is 3.76. The number of hydrogen-bond acceptors (Lipinski definition) is 2. The molecular weight excluding hydrogens is 200 g/mol. The fourth-order valence-corrected chi connectivity index (χ4v) is 1.26. The molecule has 0 bridgehead atoms. The predicted octanol–water partition coefficient (Wildman–Crippen LogP) is 3.21. The van der Waals surface area contributed by atoms with Gasteiger partial charge in [-0.15, -0.1) is 0 Å². The molecule has 0 aliphatic heterocycles. The Morgan fingerprint density at radius 1 is 1.25 bits per heavy atom. The van der Waals surface area contributed by atoms with Crippen molar-refractivity contribution in [2.45, 2.75) is 26.1 Å². The van der Waals surface area contributed by atoms with Gasteiger partial charge in [0.25, 0.3) is 0 Å². The quantitative estimate of drug-likeness (QED) is 0.755. The van der Waals surface area contributed by atoms with Crippen LogP contribution in [0.2, 0.25) is 0 Å². The SMILES string of the molecule is [CH]C(/C=C/c1ccccc1OC(C)C)OC. The fourth-order valence-electron chi connectivity index (χ4n) is 1.26. The molecule has 2 radical (unpaired) electrons. The van der Waals surface area contributed by atoms with E-state index in [2.05, 4.69) is 0 Å². The van der Waals surface area contributed by atoms with Gasteiger partial charge < -0.3 is 9.47 Å². The molecule has 0 amide bonds. The topological polar surface area (TPSA) is 18.5 Å². The van der Waals surface area contributed by atoms with Crippen LogP contribution in [0.3, 0.4) is 0 Å². The lowest BCUT2D eigenvalue weighted by molar-refractivity contribution is 0.176. The lowest BCUT2D eigenvalue weighted by atomic mass is 10.1. The van der Waals surface area contributed by atoms with Crippen LogP contribution in [0.25, 0.3) is 6.08 Å². The van der Waals surface area contributed by atoms with Crippen LogP contribution in [0.1, 0.15) is 19.4 Å². The lowest BCUT2D eigenvalue weighted by Crippen LogP contribution is -2.06. The van der Waals surface area contributed by atoms with Crippen molar-refractivity contribution in [3.8, 4) is 5.75 Å². The zero-order chi connectivity index (χ0) is 12.0. The average Bonchev–Trinajstić information content (AvgIpc) is 2.26. The summed E-state index contributed by atoms with van der Waals surface area (Å²) >= 11 is 0. The average molecular weight is 218 g/mol. The lowest BCUT2D eigenvalue weighted by Gasteiger charge is -2.12. The highest BCUT2D eigenvalue weighted by Crippen LogP contribution is 2.20. The number of ether oxygens (including phenoxy) is 2. The van der Waals surface area contributed by atoms with Gasteiger partial charge in [0.05, 0.1) is 12.2 Å². The highest BCUT2D eigenvalue weighted by molar-refractivity contribution is 5.57. The zero-order valence-corrected chi connectivity index (χ0v) is 10.0. The highest BCUT2D eigenvalue weighted by Gasteiger charge is 2.02. The van der Waals surface area contributed by atoms with Gasteiger partial charge >= 0.3 is 0 Å². The molecule has 1 rings (SSSR count). The Morgan fingerprint density at radius 2 is 1.94 bits per heavy atom. The van der Waals surface area contributed by atoms with Crippen LogP contribution in [-0.2, 0) is 4.74 Å². The molecule has 0 spiro atoms. The standard InChI is InChI=1S/C14H18O2/c1-11(2)16-14-8-6-5-7-13(14)10-9-12(3)15-4/h3,5-12H,1-2,4H3/b10-9+. The Hall–Kier alpha value is -1.28. The minimum Gasteiger partial charge on any atom is -0.490 e. The summed E-state index contributed by atoms with van der Waals surface area (Å²) in [4.78, 5) is 0. The van der Waals surface area contributed by atoms with Gasteiger partial charge in [-0.05, 0) is 19.9 Å². The predicted molar refractivity (Wildman–Crippen MR) is 66.3 cm³/mol. The van der Waals surface area contributed by atoms with Gasteiger partial charge in [0.2, 0.25) is 0 Å². The van der Waals surface area contributed by atoms with Crippen LogP contribution in [-0.4, -0.2) is 19.3 Å². The first-order chi connectivity index (χ1) is 7.63. The van der Waals surface area contributed by atoms with Crippen LogP contribution < -0.4 is 4.74 Å². The van der Waals surface area contributed by atoms with E-state index in [1.54, 1.807) is 13.2 Å². The van der Waals surface area contributed by atoms with Crippen LogP contribution in [0.4, 0.5) is 0 Å². The molecule has 86 valence electrons. The molecule has 0 aliphatic carbocycles. The molecule has 0 aliphatic rings. The van der Waals surface area contributed by atoms with Crippen LogP contribution in [0, 0.1) is 6.92 Å². The van der Waals surface area contributed by atoms with Crippen molar-refractivity contribution in [1.29, 1.82) is 0 Å². The molecule has 1 aromatic rings. The number of rotatable bonds is 5. The molecule has 16 heavy (non-hydrogen) atoms. The Balaban J connectivity index is 2.82. The maximum absolute atomic E-state index is 5.68. The van der Waals surface area contributed by atoms with Crippen molar-refractivity contribution in [2.75, 3.05) is 7.11 Å². The van der Waals surface area contributed by atoms with E-state index in [9.17, 15) is 0 Å². The summed E-state index contributed by atoms with van der Waals surface area (Å²) in [5, 5.41) is 0. The first-order valence-electron chi connectivity index (χ1n) is 5.35. The summed E-state index contributed by atoms with van der Waals surface area (Å²) in [7, 11) is 1.57. The van der Waals surface area contributed by atoms with Gasteiger partial charge in [0.1, 0.15) is 5.75 Å². The number of methoxy groups -OCH3 is 1. The van der Waals surface area contributed by atoms with E-state index in [1.165, 1.54) is 0 Å². The maximum atomic E-state index is 5.68. The number of hydrogen-bond donors (Lipinski definition) is 0. The summed E-state index contributed by atoms with van der Waals surface area (Å²) in [5.41, 5.74) is 1.00. The van der Waals surface area contributed by atoms with Crippen LogP contribution in [0.5, 0.6) is 5.75 Å². The van der Waals surface area contributed by atoms with E-state index in [0.29, 0.717) is 0 Å². The number of benzene rings is 1. The molecule has 1 atom stereocenters. The molecule has 0 saturated carbocycles. The van der Waals surface area contributed by atoms with E-state index in [4.69, 9.17) is 16.4 Å². The molecule has 0 aromatic heterocycles. The minimum atomic E-state index is -0.382. The summed E-state index contributed by atoms with van der Waals surface area (Å²) < 4.78 is 10.6. The Labute approximate surface area is 97.9 Å². The summed E-state index contributed by atoms with van der Waals surface area (Å²) in [6.45, 7) is 9.63. The van der Waals surface area contributed by atoms with Crippen molar-refractivity contribution >= 4 is 6.08 Å². The van der Waals surface area contributed by atoms with E-state index in [-0.39, 0.29) is 12.2 Å². The van der Waals surface area contributed by atoms with Gasteiger partial charge in [0, 0.05) is 19.6 Å². The van der Waals surface area contributed by atoms with Gasteiger partial charge in [0.15, 0.2) is 0 Å². The summed E-state index contributed by atoms with van der Waals surface area (Å²) in [6, 6.07) is 7.84. The molecular formula is C14H18O2. The molecule has 0 saturated heterocycles. The highest BCUT2D eigenvalue weighted by atomic mass is 16.5. The molecule has 1 unspecified atom stereocenters. The smallest absolute Gasteiger partial charge is 0.126 e. The Kier molecular flexibility index (Phi) is 5.06. The molecule has 0 heterocycles. The third kappa shape index (κ3) is 4.07. The first-order valence-corrected chi connectivity index (χ1v) is 5.35. The second kappa shape index (κ2) is 6.33. The minimum absolute atomic E-state index is 0.158. The van der Waals surface area contributed by atoms with Crippen LogP contribution >= 0.6 is 0 Å². The van der Waals surface area contributed by atoms with Gasteiger partial charge in [-0.3, -0.25) is 0 Å². The molecule has 2 heteroatoms. The van der Waals surface area contributed by atoms with Gasteiger partial charge in [-0.1, -0.05) is 30.4 Å². The molecule has 0 fully saturated rings. The first kappa shape index (κ1) is 12.8. The molecule has 0 N–H and O–H groups in total. The van der Waals surface area contributed by atoms with Crippen molar-refractivity contribution < 1.29 is 9.47 Å². The van der Waals surface area contributed by atoms with E-state index in [0.717, 1.165) is 11.3 Å². The van der Waals surface area contributed by atoms with Crippen molar-refractivity contribution in [3.05, 3.63) is 42.8 Å². The molecule has 2 nitrogen and oxygen atoms in total. The van der Waals surface area contributed by atoms with Crippen molar-refractivity contribution in [1.82, 2.24) is 0 Å². The Morgan fingerprint density at radius 3 is 2.56 bits per heavy atom. The van der Waals surface area contributed by atoms with Gasteiger partial charge in [-0.25, -0.2) is 0 Å². The Bertz CT molecular complexity index is 342. The second-order valence-corrected chi connectivity index (χ2v) is 3.76. The zero-order valence-electron chi connectivity index (χ0n) is 10.0. The van der Waals surface area contributed by atoms with E-state index >= 15 is 0 Å². The van der Waals surface area contributed by atoms with Crippen molar-refractivity contribution in [2.24, 2.45) is 0 Å².